The quantitative estimate of drug-likeness (QED) is 0.735. The van der Waals surface area contributed by atoms with Crippen LogP contribution in [0.15, 0.2) is 22.7 Å². The minimum atomic E-state index is 0.630. The molecule has 0 aliphatic carbocycles. The molecule has 1 heterocycles. The summed E-state index contributed by atoms with van der Waals surface area (Å²) in [6.45, 7) is 0. The first kappa shape index (κ1) is 7.95. The molecule has 0 radical (unpaired) electrons. The molecule has 1 aromatic heterocycles. The molecule has 0 fully saturated rings. The molecular weight excluding hydrogens is 239 g/mol. The number of halogens is 2. The van der Waals surface area contributed by atoms with Crippen LogP contribution in [-0.2, 0) is 0 Å². The number of fused-ring (bicyclic) bond motifs is 1. The zero-order chi connectivity index (χ0) is 8.72. The number of nitrogens with one attached hydrogen (secondary N) is 1. The Labute approximate surface area is 82.8 Å². The van der Waals surface area contributed by atoms with Crippen molar-refractivity contribution in [3.8, 4) is 0 Å². The van der Waals surface area contributed by atoms with Gasteiger partial charge in [0, 0.05) is 15.4 Å². The summed E-state index contributed by atoms with van der Waals surface area (Å²) >= 11 is 9.32. The van der Waals surface area contributed by atoms with Crippen molar-refractivity contribution in [1.29, 1.82) is 0 Å². The monoisotopic (exact) mass is 244 g/mol. The standard InChI is InChI=1S/C8H6BrClN2/c9-4-1-6(10)5-3-8(11)12-7(5)2-4/h1-3,12H,11H2. The van der Waals surface area contributed by atoms with Gasteiger partial charge in [0.25, 0.3) is 0 Å². The van der Waals surface area contributed by atoms with Crippen LogP contribution in [0.1, 0.15) is 0 Å². The molecule has 0 unspecified atom stereocenters. The highest BCUT2D eigenvalue weighted by Crippen LogP contribution is 2.28. The molecule has 4 heteroatoms. The summed E-state index contributed by atoms with van der Waals surface area (Å²) in [6, 6.07) is 5.61. The van der Waals surface area contributed by atoms with Gasteiger partial charge in [0.2, 0.25) is 0 Å². The second kappa shape index (κ2) is 2.68. The van der Waals surface area contributed by atoms with E-state index < -0.39 is 0 Å². The first-order valence-corrected chi connectivity index (χ1v) is 4.57. The molecule has 0 amide bonds. The summed E-state index contributed by atoms with van der Waals surface area (Å²) in [5, 5.41) is 1.66. The van der Waals surface area contributed by atoms with Crippen molar-refractivity contribution >= 4 is 44.3 Å². The van der Waals surface area contributed by atoms with Crippen molar-refractivity contribution in [3.63, 3.8) is 0 Å². The number of aromatic nitrogens is 1. The maximum atomic E-state index is 5.97. The van der Waals surface area contributed by atoms with Crippen molar-refractivity contribution in [1.82, 2.24) is 4.98 Å². The van der Waals surface area contributed by atoms with Gasteiger partial charge in [-0.1, -0.05) is 27.5 Å². The Balaban J connectivity index is 2.88. The molecule has 0 bridgehead atoms. The Morgan fingerprint density at radius 3 is 2.83 bits per heavy atom. The Bertz CT molecular complexity index is 436. The summed E-state index contributed by atoms with van der Waals surface area (Å²) in [7, 11) is 0. The van der Waals surface area contributed by atoms with E-state index >= 15 is 0 Å². The third kappa shape index (κ3) is 1.19. The lowest BCUT2D eigenvalue weighted by Crippen LogP contribution is -1.80. The van der Waals surface area contributed by atoms with Crippen LogP contribution in [0.5, 0.6) is 0 Å². The summed E-state index contributed by atoms with van der Waals surface area (Å²) in [4.78, 5) is 3.00. The fourth-order valence-corrected chi connectivity index (χ4v) is 2.05. The Kier molecular flexibility index (Phi) is 1.77. The Hall–Kier alpha value is -0.670. The molecule has 0 saturated carbocycles. The van der Waals surface area contributed by atoms with E-state index in [0.717, 1.165) is 15.4 Å². The van der Waals surface area contributed by atoms with Gasteiger partial charge >= 0.3 is 0 Å². The molecule has 1 aromatic carbocycles. The zero-order valence-corrected chi connectivity index (χ0v) is 8.41. The van der Waals surface area contributed by atoms with Gasteiger partial charge in [-0.15, -0.1) is 0 Å². The number of nitrogen functional groups attached to an aromatic ring is 1. The summed E-state index contributed by atoms with van der Waals surface area (Å²) in [5.41, 5.74) is 6.53. The highest BCUT2D eigenvalue weighted by molar-refractivity contribution is 9.10. The maximum absolute atomic E-state index is 5.97. The van der Waals surface area contributed by atoms with Gasteiger partial charge in [-0.2, -0.15) is 0 Å². The molecule has 0 spiro atoms. The Morgan fingerprint density at radius 1 is 1.33 bits per heavy atom. The van der Waals surface area contributed by atoms with Crippen LogP contribution in [0.3, 0.4) is 0 Å². The van der Waals surface area contributed by atoms with Crippen LogP contribution in [0.4, 0.5) is 5.82 Å². The molecule has 2 rings (SSSR count). The molecular formula is C8H6BrClN2. The molecule has 0 saturated heterocycles. The number of anilines is 1. The number of aromatic amines is 1. The average molecular weight is 246 g/mol. The van der Waals surface area contributed by atoms with Crippen molar-refractivity contribution in [2.75, 3.05) is 5.73 Å². The second-order valence-electron chi connectivity index (χ2n) is 2.57. The fraction of sp³-hybridized carbons (Fsp3) is 0. The summed E-state index contributed by atoms with van der Waals surface area (Å²) in [6.07, 6.45) is 0. The predicted octanol–water partition coefficient (Wildman–Crippen LogP) is 3.17. The molecule has 0 aliphatic heterocycles. The smallest absolute Gasteiger partial charge is 0.101 e. The van der Waals surface area contributed by atoms with Crippen molar-refractivity contribution < 1.29 is 0 Å². The van der Waals surface area contributed by atoms with Crippen molar-refractivity contribution in [2.45, 2.75) is 0 Å². The third-order valence-corrected chi connectivity index (χ3v) is 2.44. The van der Waals surface area contributed by atoms with Crippen LogP contribution < -0.4 is 5.73 Å². The topological polar surface area (TPSA) is 41.8 Å². The van der Waals surface area contributed by atoms with Crippen LogP contribution in [0, 0.1) is 0 Å². The van der Waals surface area contributed by atoms with E-state index in [1.54, 1.807) is 0 Å². The van der Waals surface area contributed by atoms with Gasteiger partial charge in [-0.25, -0.2) is 0 Å². The first-order chi connectivity index (χ1) is 5.66. The van der Waals surface area contributed by atoms with Gasteiger partial charge in [-0.3, -0.25) is 0 Å². The second-order valence-corrected chi connectivity index (χ2v) is 3.90. The minimum Gasteiger partial charge on any atom is -0.385 e. The lowest BCUT2D eigenvalue weighted by molar-refractivity contribution is 1.47. The molecule has 3 N–H and O–H groups in total. The SMILES string of the molecule is Nc1cc2c(Cl)cc(Br)cc2[nH]1. The lowest BCUT2D eigenvalue weighted by atomic mass is 10.2. The van der Waals surface area contributed by atoms with E-state index in [-0.39, 0.29) is 0 Å². The largest absolute Gasteiger partial charge is 0.385 e. The van der Waals surface area contributed by atoms with Crippen molar-refractivity contribution in [3.05, 3.63) is 27.7 Å². The molecule has 62 valence electrons. The average Bonchev–Trinajstić information content (AvgIpc) is 2.29. The highest BCUT2D eigenvalue weighted by Gasteiger charge is 2.03. The maximum Gasteiger partial charge on any atom is 0.101 e. The lowest BCUT2D eigenvalue weighted by Gasteiger charge is -1.94. The van der Waals surface area contributed by atoms with Gasteiger partial charge < -0.3 is 10.7 Å². The zero-order valence-electron chi connectivity index (χ0n) is 6.07. The Morgan fingerprint density at radius 2 is 2.08 bits per heavy atom. The number of H-pyrrole nitrogens is 1. The summed E-state index contributed by atoms with van der Waals surface area (Å²) in [5.74, 6) is 0.630. The van der Waals surface area contributed by atoms with Crippen LogP contribution in [0.25, 0.3) is 10.9 Å². The molecule has 2 nitrogen and oxygen atoms in total. The predicted molar refractivity (Wildman–Crippen MR) is 55.4 cm³/mol. The molecule has 0 atom stereocenters. The fourth-order valence-electron chi connectivity index (χ4n) is 1.18. The highest BCUT2D eigenvalue weighted by atomic mass is 79.9. The van der Waals surface area contributed by atoms with E-state index in [2.05, 4.69) is 20.9 Å². The van der Waals surface area contributed by atoms with Gasteiger partial charge in [0.1, 0.15) is 5.82 Å². The van der Waals surface area contributed by atoms with Gasteiger partial charge in [0.15, 0.2) is 0 Å². The number of nitrogens with two attached hydrogens (primary N) is 1. The van der Waals surface area contributed by atoms with Crippen LogP contribution in [-0.4, -0.2) is 4.98 Å². The van der Waals surface area contributed by atoms with E-state index in [4.69, 9.17) is 17.3 Å². The number of rotatable bonds is 0. The molecule has 2 aromatic rings. The molecule has 0 aliphatic rings. The van der Waals surface area contributed by atoms with E-state index in [0.29, 0.717) is 10.8 Å². The number of hydrogen-bond acceptors (Lipinski definition) is 1. The van der Waals surface area contributed by atoms with Gasteiger partial charge in [0.05, 0.1) is 5.02 Å². The van der Waals surface area contributed by atoms with Gasteiger partial charge in [-0.05, 0) is 18.2 Å². The van der Waals surface area contributed by atoms with E-state index in [1.807, 2.05) is 18.2 Å². The van der Waals surface area contributed by atoms with E-state index in [1.165, 1.54) is 0 Å². The summed E-state index contributed by atoms with van der Waals surface area (Å²) < 4.78 is 0.946. The first-order valence-electron chi connectivity index (χ1n) is 3.40. The third-order valence-electron chi connectivity index (χ3n) is 1.67. The van der Waals surface area contributed by atoms with E-state index in [9.17, 15) is 0 Å². The number of hydrogen-bond donors (Lipinski definition) is 2. The number of benzene rings is 1. The van der Waals surface area contributed by atoms with Crippen molar-refractivity contribution in [2.24, 2.45) is 0 Å². The normalized spacial score (nSPS) is 10.8. The van der Waals surface area contributed by atoms with Crippen LogP contribution >= 0.6 is 27.5 Å². The van der Waals surface area contributed by atoms with Crippen LogP contribution in [0.2, 0.25) is 5.02 Å². The minimum absolute atomic E-state index is 0.630. The molecule has 12 heavy (non-hydrogen) atoms.